The predicted molar refractivity (Wildman–Crippen MR) is 77.3 cm³/mol. The summed E-state index contributed by atoms with van der Waals surface area (Å²) in [5.41, 5.74) is 10.0. The van der Waals surface area contributed by atoms with Crippen molar-refractivity contribution in [3.05, 3.63) is 45.1 Å². The van der Waals surface area contributed by atoms with Crippen LogP contribution in [0.1, 0.15) is 11.7 Å². The molecule has 0 spiro atoms. The largest absolute Gasteiger partial charge is 0.383 e. The first-order chi connectivity index (χ1) is 8.63. The minimum absolute atomic E-state index is 0.0385. The van der Waals surface area contributed by atoms with E-state index in [4.69, 9.17) is 18.0 Å². The molecule has 2 heterocycles. The highest BCUT2D eigenvalue weighted by atomic mass is 79.9. The second-order valence-corrected chi connectivity index (χ2v) is 5.22. The lowest BCUT2D eigenvalue weighted by atomic mass is 10.2. The van der Waals surface area contributed by atoms with Gasteiger partial charge in [0, 0.05) is 10.5 Å². The van der Waals surface area contributed by atoms with Crippen LogP contribution in [0.15, 0.2) is 34.8 Å². The van der Waals surface area contributed by atoms with Crippen LogP contribution >= 0.6 is 28.1 Å². The van der Waals surface area contributed by atoms with Crippen LogP contribution < -0.4 is 16.5 Å². The number of nitrogens with zero attached hydrogens (tertiary/aromatic N) is 2. The van der Waals surface area contributed by atoms with Crippen LogP contribution in [-0.2, 0) is 0 Å². The molecule has 1 aromatic carbocycles. The van der Waals surface area contributed by atoms with Crippen LogP contribution in [0, 0.1) is 4.77 Å². The average Bonchev–Trinajstić information content (AvgIpc) is 2.74. The smallest absolute Gasteiger partial charge is 0.222 e. The molecule has 3 rings (SSSR count). The van der Waals surface area contributed by atoms with Crippen molar-refractivity contribution < 1.29 is 0 Å². The van der Waals surface area contributed by atoms with Crippen LogP contribution in [0.2, 0.25) is 0 Å². The second kappa shape index (κ2) is 4.25. The van der Waals surface area contributed by atoms with Crippen molar-refractivity contribution in [1.82, 2.24) is 9.66 Å². The van der Waals surface area contributed by atoms with E-state index in [9.17, 15) is 0 Å². The van der Waals surface area contributed by atoms with Gasteiger partial charge in [0.25, 0.3) is 0 Å². The molecule has 0 saturated carbocycles. The van der Waals surface area contributed by atoms with E-state index in [1.165, 1.54) is 0 Å². The Labute approximate surface area is 117 Å². The minimum Gasteiger partial charge on any atom is -0.383 e. The molecule has 0 radical (unpaired) electrons. The van der Waals surface area contributed by atoms with E-state index in [2.05, 4.69) is 31.7 Å². The molecule has 7 heteroatoms. The highest BCUT2D eigenvalue weighted by molar-refractivity contribution is 9.10. The van der Waals surface area contributed by atoms with Gasteiger partial charge in [0.1, 0.15) is 17.8 Å². The summed E-state index contributed by atoms with van der Waals surface area (Å²) >= 11 is 8.57. The summed E-state index contributed by atoms with van der Waals surface area (Å²) in [5, 5.41) is 3.30. The summed E-state index contributed by atoms with van der Waals surface area (Å²) in [5.74, 6) is 1.23. The van der Waals surface area contributed by atoms with Gasteiger partial charge in [-0.2, -0.15) is 0 Å². The summed E-state index contributed by atoms with van der Waals surface area (Å²) in [7, 11) is 0. The molecule has 0 fully saturated rings. The molecular weight excluding hydrogens is 314 g/mol. The first kappa shape index (κ1) is 11.5. The number of nitrogens with two attached hydrogens (primary N) is 1. The molecule has 18 heavy (non-hydrogen) atoms. The molecule has 1 atom stereocenters. The molecule has 0 aliphatic carbocycles. The molecular formula is C11H10BrN5S. The highest BCUT2D eigenvalue weighted by Crippen LogP contribution is 2.26. The standard InChI is InChI=1S/C11H10BrN5S/c12-7-3-1-6(2-4-7)10-15-9-5-8(13)14-11(18)17(9)16-10/h1-5,10,15-16H,(H2,13,14,18). The Kier molecular flexibility index (Phi) is 2.71. The van der Waals surface area contributed by atoms with E-state index in [0.29, 0.717) is 10.6 Å². The maximum Gasteiger partial charge on any atom is 0.222 e. The van der Waals surface area contributed by atoms with Crippen LogP contribution in [0.25, 0.3) is 0 Å². The molecule has 1 aromatic heterocycles. The van der Waals surface area contributed by atoms with Crippen molar-refractivity contribution in [3.63, 3.8) is 0 Å². The van der Waals surface area contributed by atoms with Gasteiger partial charge in [-0.05, 0) is 29.9 Å². The van der Waals surface area contributed by atoms with Crippen LogP contribution in [0.4, 0.5) is 11.6 Å². The van der Waals surface area contributed by atoms with Crippen LogP contribution in [0.5, 0.6) is 0 Å². The number of nitrogens with one attached hydrogen (secondary N) is 2. The molecule has 5 nitrogen and oxygen atoms in total. The number of hydrogen-bond acceptors (Lipinski definition) is 5. The molecule has 92 valence electrons. The van der Waals surface area contributed by atoms with Gasteiger partial charge in [-0.3, -0.25) is 5.43 Å². The zero-order chi connectivity index (χ0) is 12.7. The summed E-state index contributed by atoms with van der Waals surface area (Å²) in [6, 6.07) is 9.80. The van der Waals surface area contributed by atoms with E-state index in [1.54, 1.807) is 10.7 Å². The lowest BCUT2D eigenvalue weighted by Gasteiger charge is -2.11. The number of anilines is 2. The highest BCUT2D eigenvalue weighted by Gasteiger charge is 2.21. The monoisotopic (exact) mass is 323 g/mol. The topological polar surface area (TPSA) is 67.9 Å². The summed E-state index contributed by atoms with van der Waals surface area (Å²) < 4.78 is 3.18. The summed E-state index contributed by atoms with van der Waals surface area (Å²) in [4.78, 5) is 4.03. The summed E-state index contributed by atoms with van der Waals surface area (Å²) in [6.45, 7) is 0. The fourth-order valence-corrected chi connectivity index (χ4v) is 2.37. The third kappa shape index (κ3) is 1.95. The third-order valence-electron chi connectivity index (χ3n) is 2.70. The molecule has 0 bridgehead atoms. The van der Waals surface area contributed by atoms with Crippen molar-refractivity contribution >= 4 is 39.8 Å². The molecule has 0 amide bonds. The fraction of sp³-hybridized carbons (Fsp3) is 0.0909. The summed E-state index contributed by atoms with van der Waals surface area (Å²) in [6.07, 6.45) is -0.0385. The van der Waals surface area contributed by atoms with Crippen molar-refractivity contribution in [2.75, 3.05) is 16.5 Å². The molecule has 1 unspecified atom stereocenters. The van der Waals surface area contributed by atoms with Crippen molar-refractivity contribution in [2.24, 2.45) is 0 Å². The van der Waals surface area contributed by atoms with Gasteiger partial charge in [-0.1, -0.05) is 28.1 Å². The Bertz CT molecular complexity index is 651. The van der Waals surface area contributed by atoms with Gasteiger partial charge >= 0.3 is 0 Å². The van der Waals surface area contributed by atoms with E-state index in [0.717, 1.165) is 15.9 Å². The third-order valence-corrected chi connectivity index (χ3v) is 3.50. The van der Waals surface area contributed by atoms with Crippen LogP contribution in [0.3, 0.4) is 0 Å². The number of benzene rings is 1. The maximum atomic E-state index is 5.67. The first-order valence-corrected chi connectivity index (χ1v) is 6.52. The molecule has 0 saturated heterocycles. The Morgan fingerprint density at radius 1 is 1.33 bits per heavy atom. The van der Waals surface area contributed by atoms with Crippen molar-refractivity contribution in [2.45, 2.75) is 6.17 Å². The molecule has 2 aromatic rings. The SMILES string of the molecule is Nc1cc2n(c(=S)n1)NC(c1ccc(Br)cc1)N2. The Morgan fingerprint density at radius 2 is 2.06 bits per heavy atom. The molecule has 1 aliphatic rings. The van der Waals surface area contributed by atoms with Gasteiger partial charge < -0.3 is 11.1 Å². The van der Waals surface area contributed by atoms with E-state index < -0.39 is 0 Å². The Balaban J connectivity index is 1.95. The minimum atomic E-state index is -0.0385. The van der Waals surface area contributed by atoms with Gasteiger partial charge in [0.2, 0.25) is 4.77 Å². The zero-order valence-corrected chi connectivity index (χ0v) is 11.6. The number of aromatic nitrogens is 2. The number of rotatable bonds is 1. The number of fused-ring (bicyclic) bond motifs is 1. The Morgan fingerprint density at radius 3 is 2.78 bits per heavy atom. The van der Waals surface area contributed by atoms with Gasteiger partial charge in [0.15, 0.2) is 0 Å². The van der Waals surface area contributed by atoms with Gasteiger partial charge in [0.05, 0.1) is 0 Å². The van der Waals surface area contributed by atoms with Crippen molar-refractivity contribution in [1.29, 1.82) is 0 Å². The number of nitrogen functional groups attached to an aromatic ring is 1. The first-order valence-electron chi connectivity index (χ1n) is 5.31. The normalized spacial score (nSPS) is 16.8. The lowest BCUT2D eigenvalue weighted by molar-refractivity contribution is 0.801. The Hall–Kier alpha value is -1.60. The second-order valence-electron chi connectivity index (χ2n) is 3.94. The maximum absolute atomic E-state index is 5.67. The molecule has 4 N–H and O–H groups in total. The number of hydrogen-bond donors (Lipinski definition) is 3. The number of halogens is 1. The van der Waals surface area contributed by atoms with Crippen molar-refractivity contribution in [3.8, 4) is 0 Å². The lowest BCUT2D eigenvalue weighted by Crippen LogP contribution is -2.17. The fourth-order valence-electron chi connectivity index (χ4n) is 1.85. The molecule has 1 aliphatic heterocycles. The van der Waals surface area contributed by atoms with Gasteiger partial charge in [-0.15, -0.1) is 0 Å². The average molecular weight is 324 g/mol. The van der Waals surface area contributed by atoms with Crippen LogP contribution in [-0.4, -0.2) is 9.66 Å². The predicted octanol–water partition coefficient (Wildman–Crippen LogP) is 2.63. The van der Waals surface area contributed by atoms with E-state index >= 15 is 0 Å². The van der Waals surface area contributed by atoms with Gasteiger partial charge in [-0.25, -0.2) is 9.66 Å². The van der Waals surface area contributed by atoms with E-state index in [-0.39, 0.29) is 6.17 Å². The van der Waals surface area contributed by atoms with E-state index in [1.807, 2.05) is 24.3 Å². The quantitative estimate of drug-likeness (QED) is 0.704. The zero-order valence-electron chi connectivity index (χ0n) is 9.22.